The third-order valence-corrected chi connectivity index (χ3v) is 9.94. The van der Waals surface area contributed by atoms with E-state index in [4.69, 9.17) is 0 Å². The molecule has 8 heteroatoms. The van der Waals surface area contributed by atoms with Gasteiger partial charge >= 0.3 is 0 Å². The first-order valence-electron chi connectivity index (χ1n) is 15.7. The molecule has 4 rings (SSSR count). The van der Waals surface area contributed by atoms with Crippen LogP contribution in [0.4, 0.5) is 5.69 Å². The topological polar surface area (TPSA) is 86.8 Å². The molecule has 0 aliphatic carbocycles. The van der Waals surface area contributed by atoms with Crippen LogP contribution >= 0.6 is 0 Å². The summed E-state index contributed by atoms with van der Waals surface area (Å²) in [6.07, 6.45) is 0.274. The number of sulfonamides is 1. The number of carbonyl (C=O) groups excluding carboxylic acids is 2. The zero-order chi connectivity index (χ0) is 33.4. The normalized spacial score (nSPS) is 12.1. The Morgan fingerprint density at radius 3 is 1.96 bits per heavy atom. The number of anilines is 1. The summed E-state index contributed by atoms with van der Waals surface area (Å²) in [6, 6.07) is 28.6. The van der Waals surface area contributed by atoms with Crippen molar-refractivity contribution in [2.75, 3.05) is 17.4 Å². The van der Waals surface area contributed by atoms with E-state index in [0.717, 1.165) is 33.4 Å². The van der Waals surface area contributed by atoms with E-state index in [1.165, 1.54) is 9.21 Å². The van der Waals surface area contributed by atoms with Gasteiger partial charge in [0.25, 0.3) is 10.0 Å². The molecular weight excluding hydrogens is 595 g/mol. The molecule has 0 unspecified atom stereocenters. The standard InChI is InChI=1S/C38H45N3O4S/c1-27(2)24-39-38(43)36(23-32-12-8-7-9-13-32)40(25-33-19-15-28(3)16-20-33)37(42)26-41(35-14-10-11-30(5)31(35)6)46(44,45)34-21-17-29(4)18-22-34/h7-22,27,36H,23-26H2,1-6H3,(H,39,43)/t36-/m0/s1. The van der Waals surface area contributed by atoms with E-state index in [1.807, 2.05) is 102 Å². The molecule has 0 fully saturated rings. The summed E-state index contributed by atoms with van der Waals surface area (Å²) in [5, 5.41) is 3.03. The van der Waals surface area contributed by atoms with E-state index in [-0.39, 0.29) is 29.7 Å². The summed E-state index contributed by atoms with van der Waals surface area (Å²) in [5.74, 6) is -0.544. The Kier molecular flexibility index (Phi) is 11.4. The highest BCUT2D eigenvalue weighted by atomic mass is 32.2. The lowest BCUT2D eigenvalue weighted by molar-refractivity contribution is -0.140. The zero-order valence-electron chi connectivity index (χ0n) is 27.7. The Morgan fingerprint density at radius 1 is 0.739 bits per heavy atom. The van der Waals surface area contributed by atoms with Gasteiger partial charge in [-0.15, -0.1) is 0 Å². The predicted octanol–water partition coefficient (Wildman–Crippen LogP) is 6.53. The van der Waals surface area contributed by atoms with Gasteiger partial charge < -0.3 is 10.2 Å². The lowest BCUT2D eigenvalue weighted by Crippen LogP contribution is -2.53. The maximum absolute atomic E-state index is 14.6. The lowest BCUT2D eigenvalue weighted by Gasteiger charge is -2.34. The molecule has 0 radical (unpaired) electrons. The third kappa shape index (κ3) is 8.63. The van der Waals surface area contributed by atoms with Crippen LogP contribution in [0.1, 0.15) is 47.2 Å². The van der Waals surface area contributed by atoms with Crippen LogP contribution in [0.15, 0.2) is 102 Å². The molecule has 1 N–H and O–H groups in total. The molecule has 4 aromatic rings. The van der Waals surface area contributed by atoms with Crippen molar-refractivity contribution in [3.63, 3.8) is 0 Å². The van der Waals surface area contributed by atoms with Gasteiger partial charge in [-0.2, -0.15) is 0 Å². The average Bonchev–Trinajstić information content (AvgIpc) is 3.03. The van der Waals surface area contributed by atoms with Crippen LogP contribution in [0.3, 0.4) is 0 Å². The molecule has 7 nitrogen and oxygen atoms in total. The Labute approximate surface area is 274 Å². The Hall–Kier alpha value is -4.43. The van der Waals surface area contributed by atoms with Gasteiger partial charge in [-0.05, 0) is 74.1 Å². The zero-order valence-corrected chi connectivity index (χ0v) is 28.5. The fourth-order valence-corrected chi connectivity index (χ4v) is 6.69. The molecule has 0 heterocycles. The molecule has 0 spiro atoms. The summed E-state index contributed by atoms with van der Waals surface area (Å²) in [6.45, 7) is 11.8. The molecule has 46 heavy (non-hydrogen) atoms. The number of hydrogen-bond acceptors (Lipinski definition) is 4. The first kappa shape index (κ1) is 34.4. The Balaban J connectivity index is 1.82. The summed E-state index contributed by atoms with van der Waals surface area (Å²) < 4.78 is 29.8. The number of benzene rings is 4. The van der Waals surface area contributed by atoms with Crippen molar-refractivity contribution in [2.45, 2.75) is 65.4 Å². The van der Waals surface area contributed by atoms with E-state index in [1.54, 1.807) is 36.4 Å². The van der Waals surface area contributed by atoms with Crippen molar-refractivity contribution in [2.24, 2.45) is 5.92 Å². The van der Waals surface area contributed by atoms with Crippen LogP contribution in [0, 0.1) is 33.6 Å². The van der Waals surface area contributed by atoms with Crippen molar-refractivity contribution in [1.29, 1.82) is 0 Å². The Bertz CT molecular complexity index is 1740. The summed E-state index contributed by atoms with van der Waals surface area (Å²) in [5.41, 5.74) is 5.82. The van der Waals surface area contributed by atoms with Crippen LogP contribution in [-0.2, 0) is 32.6 Å². The van der Waals surface area contributed by atoms with E-state index in [9.17, 15) is 18.0 Å². The van der Waals surface area contributed by atoms with Crippen molar-refractivity contribution in [3.05, 3.63) is 130 Å². The highest BCUT2D eigenvalue weighted by molar-refractivity contribution is 7.92. The molecule has 4 aromatic carbocycles. The molecule has 0 saturated carbocycles. The van der Waals surface area contributed by atoms with Gasteiger partial charge in [-0.25, -0.2) is 8.42 Å². The van der Waals surface area contributed by atoms with E-state index in [2.05, 4.69) is 5.32 Å². The van der Waals surface area contributed by atoms with E-state index >= 15 is 0 Å². The minimum Gasteiger partial charge on any atom is -0.354 e. The minimum absolute atomic E-state index is 0.0902. The van der Waals surface area contributed by atoms with Crippen LogP contribution in [-0.4, -0.2) is 44.3 Å². The monoisotopic (exact) mass is 639 g/mol. The van der Waals surface area contributed by atoms with Crippen LogP contribution < -0.4 is 9.62 Å². The van der Waals surface area contributed by atoms with E-state index < -0.39 is 28.5 Å². The number of carbonyl (C=O) groups is 2. The third-order valence-electron chi connectivity index (χ3n) is 8.16. The van der Waals surface area contributed by atoms with Gasteiger partial charge in [-0.3, -0.25) is 13.9 Å². The van der Waals surface area contributed by atoms with Crippen molar-refractivity contribution in [1.82, 2.24) is 10.2 Å². The number of aryl methyl sites for hydroxylation is 3. The van der Waals surface area contributed by atoms with Gasteiger partial charge in [0.15, 0.2) is 0 Å². The number of amides is 2. The van der Waals surface area contributed by atoms with Crippen molar-refractivity contribution in [3.8, 4) is 0 Å². The molecule has 0 aliphatic rings. The van der Waals surface area contributed by atoms with Crippen LogP contribution in [0.5, 0.6) is 0 Å². The fourth-order valence-electron chi connectivity index (χ4n) is 5.22. The van der Waals surface area contributed by atoms with E-state index in [0.29, 0.717) is 12.2 Å². The first-order chi connectivity index (χ1) is 21.9. The molecule has 242 valence electrons. The average molecular weight is 640 g/mol. The quantitative estimate of drug-likeness (QED) is 0.180. The predicted molar refractivity (Wildman–Crippen MR) is 185 cm³/mol. The van der Waals surface area contributed by atoms with Gasteiger partial charge in [0.1, 0.15) is 12.6 Å². The number of hydrogen-bond donors (Lipinski definition) is 1. The van der Waals surface area contributed by atoms with Crippen molar-refractivity contribution >= 4 is 27.5 Å². The van der Waals surface area contributed by atoms with Crippen LogP contribution in [0.2, 0.25) is 0 Å². The molecule has 1 atom stereocenters. The molecule has 0 bridgehead atoms. The maximum atomic E-state index is 14.6. The smallest absolute Gasteiger partial charge is 0.264 e. The summed E-state index contributed by atoms with van der Waals surface area (Å²) in [7, 11) is -4.16. The molecule has 2 amide bonds. The van der Waals surface area contributed by atoms with Crippen molar-refractivity contribution < 1.29 is 18.0 Å². The first-order valence-corrected chi connectivity index (χ1v) is 17.1. The molecule has 0 aliphatic heterocycles. The fraction of sp³-hybridized carbons (Fsp3) is 0.316. The Morgan fingerprint density at radius 2 is 1.35 bits per heavy atom. The SMILES string of the molecule is Cc1ccc(CN(C(=O)CN(c2cccc(C)c2C)S(=O)(=O)c2ccc(C)cc2)[C@@H](Cc2ccccc2)C(=O)NCC(C)C)cc1. The lowest BCUT2D eigenvalue weighted by atomic mass is 10.0. The second-order valence-corrected chi connectivity index (χ2v) is 14.3. The molecule has 0 aromatic heterocycles. The van der Waals surface area contributed by atoms with Gasteiger partial charge in [0.2, 0.25) is 11.8 Å². The van der Waals surface area contributed by atoms with Gasteiger partial charge in [-0.1, -0.05) is 104 Å². The second-order valence-electron chi connectivity index (χ2n) is 12.4. The van der Waals surface area contributed by atoms with Gasteiger partial charge in [0.05, 0.1) is 10.6 Å². The minimum atomic E-state index is -4.16. The number of nitrogens with zero attached hydrogens (tertiary/aromatic N) is 2. The second kappa shape index (κ2) is 15.2. The number of rotatable bonds is 13. The summed E-state index contributed by atoms with van der Waals surface area (Å²) in [4.78, 5) is 30.2. The highest BCUT2D eigenvalue weighted by Gasteiger charge is 2.35. The summed E-state index contributed by atoms with van der Waals surface area (Å²) >= 11 is 0. The van der Waals surface area contributed by atoms with Crippen LogP contribution in [0.25, 0.3) is 0 Å². The molecular formula is C38H45N3O4S. The highest BCUT2D eigenvalue weighted by Crippen LogP contribution is 2.29. The largest absolute Gasteiger partial charge is 0.354 e. The van der Waals surface area contributed by atoms with Gasteiger partial charge in [0, 0.05) is 19.5 Å². The molecule has 0 saturated heterocycles. The number of nitrogens with one attached hydrogen (secondary N) is 1. The maximum Gasteiger partial charge on any atom is 0.264 e.